The number of hydrogen-bond donors (Lipinski definition) is 2. The third kappa shape index (κ3) is 3.39. The van der Waals surface area contributed by atoms with Gasteiger partial charge in [0, 0.05) is 23.9 Å². The molecule has 1 saturated carbocycles. The van der Waals surface area contributed by atoms with Crippen molar-refractivity contribution in [3.63, 3.8) is 0 Å². The van der Waals surface area contributed by atoms with Gasteiger partial charge in [-0.2, -0.15) is 0 Å². The molecule has 0 bridgehead atoms. The van der Waals surface area contributed by atoms with Gasteiger partial charge in [0.25, 0.3) is 0 Å². The lowest BCUT2D eigenvalue weighted by Gasteiger charge is -2.39. The van der Waals surface area contributed by atoms with Crippen LogP contribution in [-0.2, 0) is 6.54 Å². The van der Waals surface area contributed by atoms with Crippen molar-refractivity contribution in [2.45, 2.75) is 45.2 Å². The molecule has 0 unspecified atom stereocenters. The zero-order valence-corrected chi connectivity index (χ0v) is 12.8. The number of pyridine rings is 1. The second-order valence-corrected chi connectivity index (χ2v) is 6.81. The number of piperazine rings is 1. The summed E-state index contributed by atoms with van der Waals surface area (Å²) in [6, 6.07) is 5.27. The highest BCUT2D eigenvalue weighted by Crippen LogP contribution is 2.21. The quantitative estimate of drug-likeness (QED) is 0.793. The predicted octanol–water partition coefficient (Wildman–Crippen LogP) is -0.0563. The summed E-state index contributed by atoms with van der Waals surface area (Å²) in [5.74, 6) is 0.945. The van der Waals surface area contributed by atoms with E-state index in [9.17, 15) is 0 Å². The average molecular weight is 275 g/mol. The fraction of sp³-hybridized carbons (Fsp3) is 0.706. The zero-order valence-electron chi connectivity index (χ0n) is 12.8. The van der Waals surface area contributed by atoms with Crippen molar-refractivity contribution >= 4 is 0 Å². The SMILES string of the molecule is C[C@H]1CCCC[C@H]1[NH+]1CC[NH+](Cc2ccncc2)CC1. The lowest BCUT2D eigenvalue weighted by atomic mass is 9.84. The molecule has 2 fully saturated rings. The second-order valence-electron chi connectivity index (χ2n) is 6.81. The van der Waals surface area contributed by atoms with E-state index in [4.69, 9.17) is 0 Å². The summed E-state index contributed by atoms with van der Waals surface area (Å²) < 4.78 is 0. The first kappa shape index (κ1) is 14.0. The van der Waals surface area contributed by atoms with Crippen LogP contribution in [-0.4, -0.2) is 37.2 Å². The molecule has 2 heterocycles. The fourth-order valence-electron chi connectivity index (χ4n) is 4.18. The Labute approximate surface area is 123 Å². The van der Waals surface area contributed by atoms with E-state index in [0.717, 1.165) is 12.0 Å². The molecule has 2 N–H and O–H groups in total. The van der Waals surface area contributed by atoms with Gasteiger partial charge < -0.3 is 9.80 Å². The molecular formula is C17H29N3+2. The van der Waals surface area contributed by atoms with Crippen molar-refractivity contribution < 1.29 is 9.80 Å². The molecule has 1 aliphatic heterocycles. The highest BCUT2D eigenvalue weighted by Gasteiger charge is 2.34. The van der Waals surface area contributed by atoms with Crippen molar-refractivity contribution in [3.05, 3.63) is 30.1 Å². The molecular weight excluding hydrogens is 246 g/mol. The van der Waals surface area contributed by atoms with Crippen LogP contribution in [0.2, 0.25) is 0 Å². The molecule has 1 aromatic heterocycles. The minimum Gasteiger partial charge on any atom is -0.323 e. The zero-order chi connectivity index (χ0) is 13.8. The number of rotatable bonds is 3. The van der Waals surface area contributed by atoms with E-state index in [0.29, 0.717) is 0 Å². The number of nitrogens with zero attached hydrogens (tertiary/aromatic N) is 1. The fourth-order valence-corrected chi connectivity index (χ4v) is 4.18. The first-order valence-electron chi connectivity index (χ1n) is 8.40. The van der Waals surface area contributed by atoms with E-state index in [2.05, 4.69) is 24.0 Å². The maximum Gasteiger partial charge on any atom is 0.127 e. The lowest BCUT2D eigenvalue weighted by Crippen LogP contribution is -3.29. The van der Waals surface area contributed by atoms with E-state index in [1.807, 2.05) is 17.3 Å². The van der Waals surface area contributed by atoms with E-state index >= 15 is 0 Å². The van der Waals surface area contributed by atoms with Crippen LogP contribution in [0.3, 0.4) is 0 Å². The maximum atomic E-state index is 4.11. The minimum absolute atomic E-state index is 0.945. The van der Waals surface area contributed by atoms with Gasteiger partial charge in [-0.05, 0) is 31.4 Å². The topological polar surface area (TPSA) is 21.8 Å². The smallest absolute Gasteiger partial charge is 0.127 e. The Morgan fingerprint density at radius 1 is 1.05 bits per heavy atom. The molecule has 3 heteroatoms. The van der Waals surface area contributed by atoms with Gasteiger partial charge in [0.15, 0.2) is 0 Å². The summed E-state index contributed by atoms with van der Waals surface area (Å²) in [5, 5.41) is 0. The first-order valence-corrected chi connectivity index (χ1v) is 8.40. The van der Waals surface area contributed by atoms with Crippen LogP contribution in [0.4, 0.5) is 0 Å². The maximum absolute atomic E-state index is 4.11. The lowest BCUT2D eigenvalue weighted by molar-refractivity contribution is -1.03. The summed E-state index contributed by atoms with van der Waals surface area (Å²) in [5.41, 5.74) is 1.43. The number of aromatic nitrogens is 1. The van der Waals surface area contributed by atoms with Crippen molar-refractivity contribution in [2.24, 2.45) is 5.92 Å². The van der Waals surface area contributed by atoms with Crippen molar-refractivity contribution in [2.75, 3.05) is 26.2 Å². The molecule has 1 aromatic rings. The van der Waals surface area contributed by atoms with Crippen LogP contribution < -0.4 is 9.80 Å². The standard InChI is InChI=1S/C17H27N3/c1-15-4-2-3-5-17(15)20-12-10-19(11-13-20)14-16-6-8-18-9-7-16/h6-9,15,17H,2-5,10-14H2,1H3/p+2/t15-,17+/m0/s1. The molecule has 3 nitrogen and oxygen atoms in total. The first-order chi connectivity index (χ1) is 9.83. The molecule has 0 radical (unpaired) electrons. The molecule has 3 rings (SSSR count). The number of nitrogens with one attached hydrogen (secondary N) is 2. The van der Waals surface area contributed by atoms with Gasteiger partial charge in [0.05, 0.1) is 6.04 Å². The monoisotopic (exact) mass is 275 g/mol. The molecule has 20 heavy (non-hydrogen) atoms. The normalized spacial score (nSPS) is 34.9. The summed E-state index contributed by atoms with van der Waals surface area (Å²) in [4.78, 5) is 7.76. The molecule has 1 saturated heterocycles. The van der Waals surface area contributed by atoms with Gasteiger partial charge in [-0.3, -0.25) is 4.98 Å². The predicted molar refractivity (Wildman–Crippen MR) is 80.8 cm³/mol. The summed E-state index contributed by atoms with van der Waals surface area (Å²) >= 11 is 0. The highest BCUT2D eigenvalue weighted by atomic mass is 15.3. The van der Waals surface area contributed by atoms with Crippen molar-refractivity contribution in [1.29, 1.82) is 0 Å². The van der Waals surface area contributed by atoms with Crippen LogP contribution in [0.15, 0.2) is 24.5 Å². The Hall–Kier alpha value is -0.930. The summed E-state index contributed by atoms with van der Waals surface area (Å²) in [6.07, 6.45) is 9.69. The number of hydrogen-bond acceptors (Lipinski definition) is 1. The van der Waals surface area contributed by atoms with Gasteiger partial charge in [0.2, 0.25) is 0 Å². The van der Waals surface area contributed by atoms with Crippen molar-refractivity contribution in [1.82, 2.24) is 4.98 Å². The van der Waals surface area contributed by atoms with Crippen LogP contribution >= 0.6 is 0 Å². The Kier molecular flexibility index (Phi) is 4.69. The summed E-state index contributed by atoms with van der Waals surface area (Å²) in [7, 11) is 0. The van der Waals surface area contributed by atoms with Crippen molar-refractivity contribution in [3.8, 4) is 0 Å². The van der Waals surface area contributed by atoms with Crippen LogP contribution in [0.5, 0.6) is 0 Å². The Morgan fingerprint density at radius 2 is 1.75 bits per heavy atom. The van der Waals surface area contributed by atoms with Crippen LogP contribution in [0.1, 0.15) is 38.2 Å². The largest absolute Gasteiger partial charge is 0.323 e. The van der Waals surface area contributed by atoms with Crippen LogP contribution in [0.25, 0.3) is 0 Å². The minimum atomic E-state index is 0.945. The molecule has 0 aromatic carbocycles. The summed E-state index contributed by atoms with van der Waals surface area (Å²) in [6.45, 7) is 9.07. The third-order valence-corrected chi connectivity index (χ3v) is 5.44. The Balaban J connectivity index is 1.49. The average Bonchev–Trinajstić information content (AvgIpc) is 2.50. The van der Waals surface area contributed by atoms with E-state index in [1.165, 1.54) is 64.0 Å². The second kappa shape index (κ2) is 6.68. The van der Waals surface area contributed by atoms with Gasteiger partial charge in [-0.25, -0.2) is 0 Å². The van der Waals surface area contributed by atoms with E-state index < -0.39 is 0 Å². The van der Waals surface area contributed by atoms with E-state index in [-0.39, 0.29) is 0 Å². The Morgan fingerprint density at radius 3 is 2.45 bits per heavy atom. The van der Waals surface area contributed by atoms with Gasteiger partial charge in [-0.15, -0.1) is 0 Å². The van der Waals surface area contributed by atoms with Gasteiger partial charge in [0.1, 0.15) is 32.7 Å². The van der Waals surface area contributed by atoms with E-state index in [1.54, 1.807) is 4.90 Å². The van der Waals surface area contributed by atoms with Crippen LogP contribution in [0, 0.1) is 5.92 Å². The molecule has 2 aliphatic rings. The number of quaternary nitrogens is 2. The van der Waals surface area contributed by atoms with Gasteiger partial charge in [-0.1, -0.05) is 13.3 Å². The molecule has 0 amide bonds. The molecule has 2 atom stereocenters. The van der Waals surface area contributed by atoms with Gasteiger partial charge >= 0.3 is 0 Å². The Bertz CT molecular complexity index is 398. The molecule has 0 spiro atoms. The molecule has 110 valence electrons. The molecule has 1 aliphatic carbocycles. The highest BCUT2D eigenvalue weighted by molar-refractivity contribution is 5.07. The third-order valence-electron chi connectivity index (χ3n) is 5.44.